The Hall–Kier alpha value is -2.32. The zero-order valence-corrected chi connectivity index (χ0v) is 45.3. The Bertz CT molecular complexity index is 2580. The van der Waals surface area contributed by atoms with Gasteiger partial charge >= 0.3 is 0 Å². The number of hydrogen-bond acceptors (Lipinski definition) is 15. The molecular weight excluding hydrogens is 981 g/mol. The molecule has 1 aromatic rings. The number of nitrogens with one attached hydrogen (secondary N) is 1. The number of rotatable bonds is 7. The minimum atomic E-state index is -2.03. The number of phenols is 1. The van der Waals surface area contributed by atoms with Gasteiger partial charge in [-0.25, -0.2) is 0 Å². The van der Waals surface area contributed by atoms with E-state index in [9.17, 15) is 46.0 Å². The number of fused-ring (bicyclic) bond motifs is 1. The first kappa shape index (κ1) is 52.4. The van der Waals surface area contributed by atoms with Crippen molar-refractivity contribution in [1.29, 1.82) is 0 Å². The summed E-state index contributed by atoms with van der Waals surface area (Å²) in [4.78, 5) is 34.0. The first-order chi connectivity index (χ1) is 35.1. The van der Waals surface area contributed by atoms with E-state index in [1.54, 1.807) is 23.1 Å². The maximum Gasteiger partial charge on any atom is 0.235 e. The Labute approximate surface area is 443 Å². The van der Waals surface area contributed by atoms with Gasteiger partial charge in [0.15, 0.2) is 5.78 Å². The van der Waals surface area contributed by atoms with E-state index in [1.165, 1.54) is 10.8 Å². The molecule has 1 aromatic carbocycles. The maximum atomic E-state index is 16.4. The number of ether oxygens (including phenoxy) is 1. The number of aromatic hydroxyl groups is 1. The number of carbonyl (C=O) groups excluding carboxylic acids is 2. The van der Waals surface area contributed by atoms with E-state index in [1.807, 2.05) is 26.1 Å². The van der Waals surface area contributed by atoms with E-state index in [2.05, 4.69) is 44.3 Å². The molecule has 74 heavy (non-hydrogen) atoms. The molecule has 2 saturated heterocycles. The number of ketones is 1. The van der Waals surface area contributed by atoms with Crippen LogP contribution in [0.2, 0.25) is 0 Å². The number of aliphatic hydroxyl groups excluding tert-OH is 5. The fraction of sp³-hybridized carbons (Fsp3) is 0.759. The number of hydrogen-bond donors (Lipinski definition) is 10. The van der Waals surface area contributed by atoms with Gasteiger partial charge in [0, 0.05) is 52.8 Å². The van der Waals surface area contributed by atoms with E-state index in [4.69, 9.17) is 4.74 Å². The number of carbonyl (C=O) groups is 2. The molecule has 8 bridgehead atoms. The third-order valence-electron chi connectivity index (χ3n) is 23.6. The molecule has 1 amide bonds. The Morgan fingerprint density at radius 1 is 0.946 bits per heavy atom. The molecule has 5 aliphatic heterocycles. The van der Waals surface area contributed by atoms with Crippen LogP contribution in [0.5, 0.6) is 5.75 Å². The van der Waals surface area contributed by atoms with Crippen molar-refractivity contribution >= 4 is 39.0 Å². The second-order valence-corrected chi connectivity index (χ2v) is 28.8. The van der Waals surface area contributed by atoms with Crippen LogP contribution in [0.1, 0.15) is 104 Å². The van der Waals surface area contributed by atoms with Gasteiger partial charge in [-0.15, -0.1) is 0 Å². The van der Waals surface area contributed by atoms with Crippen molar-refractivity contribution in [2.24, 2.45) is 79.8 Å². The molecule has 14 nitrogen and oxygen atoms in total. The molecular formula is C58H80N2O12S2. The van der Waals surface area contributed by atoms with Crippen LogP contribution in [0.25, 0.3) is 0 Å². The molecule has 10 N–H and O–H groups in total. The minimum Gasteiger partial charge on any atom is -0.508 e. The van der Waals surface area contributed by atoms with Crippen molar-refractivity contribution in [3.8, 4) is 5.75 Å². The van der Waals surface area contributed by atoms with Gasteiger partial charge in [-0.1, -0.05) is 80.0 Å². The number of amides is 1. The highest BCUT2D eigenvalue weighted by molar-refractivity contribution is 8.76. The number of epoxide rings is 1. The molecule has 13 aliphatic rings. The maximum absolute atomic E-state index is 16.4. The van der Waals surface area contributed by atoms with Gasteiger partial charge in [0.1, 0.15) is 28.5 Å². The highest BCUT2D eigenvalue weighted by Gasteiger charge is 2.82. The third kappa shape index (κ3) is 6.29. The Kier molecular flexibility index (Phi) is 12.3. The number of phenolic OH excluding ortho intramolecular Hbond substituents is 1. The van der Waals surface area contributed by atoms with Crippen molar-refractivity contribution in [2.75, 3.05) is 44.0 Å². The van der Waals surface area contributed by atoms with Crippen LogP contribution in [0.15, 0.2) is 54.2 Å². The van der Waals surface area contributed by atoms with Crippen LogP contribution < -0.4 is 10.2 Å². The van der Waals surface area contributed by atoms with Crippen molar-refractivity contribution in [3.63, 3.8) is 0 Å². The quantitative estimate of drug-likeness (QED) is 0.100. The zero-order valence-electron chi connectivity index (χ0n) is 43.7. The van der Waals surface area contributed by atoms with Crippen molar-refractivity contribution in [2.45, 2.75) is 151 Å². The summed E-state index contributed by atoms with van der Waals surface area (Å²) in [6.45, 7) is 7.91. The molecule has 0 aromatic heterocycles. The molecule has 14 rings (SSSR count). The van der Waals surface area contributed by atoms with E-state index >= 15 is 9.59 Å². The molecule has 16 heteroatoms. The number of benzene rings is 1. The predicted molar refractivity (Wildman–Crippen MR) is 281 cm³/mol. The largest absolute Gasteiger partial charge is 0.508 e. The van der Waals surface area contributed by atoms with Crippen molar-refractivity contribution < 1.29 is 60.3 Å². The highest BCUT2D eigenvalue weighted by Crippen LogP contribution is 2.79. The molecule has 4 spiro atoms. The van der Waals surface area contributed by atoms with Crippen LogP contribution in [0.4, 0.5) is 5.69 Å². The molecule has 0 radical (unpaired) electrons. The topological polar surface area (TPSA) is 244 Å². The van der Waals surface area contributed by atoms with E-state index in [0.29, 0.717) is 86.4 Å². The van der Waals surface area contributed by atoms with Gasteiger partial charge in [0.25, 0.3) is 0 Å². The summed E-state index contributed by atoms with van der Waals surface area (Å²) >= 11 is 0. The molecule has 21 atom stereocenters. The molecule has 5 saturated carbocycles. The molecule has 8 aliphatic carbocycles. The molecule has 406 valence electrons. The average molecular weight is 1060 g/mol. The first-order valence-electron chi connectivity index (χ1n) is 27.9. The Morgan fingerprint density at radius 3 is 2.45 bits per heavy atom. The standard InChI is InChI=1S/C58H80N2O12S2/c1-31(2)32(3)45-47(72-45)56(70)14-7-8-35-21-40-41-23-43(64)54(24-44(65)52(69,30-62)27-50(40,54)4)49(68)74-73-26-37-9-6-13-51(29-61)15-11-36-20-34(25-59-5)46(66)55(36)28-60(48(67)58(37,51)55)38-18-33(19-39(63)22-38)10-16-53(35)42(56)12-17-57(41,53)71/h7-8,11,15,18-19,22-23,31-32,34-37,40,42,44-47,49,59,61-63,65-66,68-71H,6,9-10,12-14,16-17,20-21,24-30H2,1-5H3. The van der Waals surface area contributed by atoms with Gasteiger partial charge in [0.2, 0.25) is 5.91 Å². The monoisotopic (exact) mass is 1060 g/mol. The average Bonchev–Trinajstić information content (AvgIpc) is 4.04. The van der Waals surface area contributed by atoms with Crippen LogP contribution in [-0.2, 0) is 20.7 Å². The summed E-state index contributed by atoms with van der Waals surface area (Å²) in [5, 5.41) is 116. The lowest BCUT2D eigenvalue weighted by atomic mass is 9.38. The minimum absolute atomic E-state index is 0.0420. The van der Waals surface area contributed by atoms with Gasteiger partial charge in [-0.3, -0.25) is 9.59 Å². The highest BCUT2D eigenvalue weighted by atomic mass is 33.1. The lowest BCUT2D eigenvalue weighted by molar-refractivity contribution is -0.235. The van der Waals surface area contributed by atoms with Gasteiger partial charge in [-0.2, -0.15) is 0 Å². The number of aryl methyl sites for hydroxylation is 1. The number of anilines is 1. The Balaban J connectivity index is 1.07. The van der Waals surface area contributed by atoms with Crippen LogP contribution in [-0.4, -0.2) is 143 Å². The summed E-state index contributed by atoms with van der Waals surface area (Å²) in [7, 11) is 4.32. The smallest absolute Gasteiger partial charge is 0.235 e. The fourth-order valence-electron chi connectivity index (χ4n) is 20.0. The lowest BCUT2D eigenvalue weighted by Gasteiger charge is -2.68. The summed E-state index contributed by atoms with van der Waals surface area (Å²) in [6, 6.07) is 5.29. The van der Waals surface area contributed by atoms with Gasteiger partial charge < -0.3 is 60.9 Å². The van der Waals surface area contributed by atoms with E-state index < -0.39 is 109 Å². The molecule has 7 fully saturated rings. The van der Waals surface area contributed by atoms with E-state index in [0.717, 1.165) is 10.8 Å². The van der Waals surface area contributed by atoms with E-state index in [-0.39, 0.29) is 74.3 Å². The van der Waals surface area contributed by atoms with Crippen LogP contribution in [0.3, 0.4) is 0 Å². The van der Waals surface area contributed by atoms with Crippen LogP contribution in [0, 0.1) is 79.8 Å². The number of nitrogens with zero attached hydrogens (tertiary/aromatic N) is 1. The molecule has 21 unspecified atom stereocenters. The van der Waals surface area contributed by atoms with Gasteiger partial charge in [0.05, 0.1) is 48.0 Å². The normalized spacial score (nSPS) is 51.4. The third-order valence-corrected chi connectivity index (χ3v) is 26.3. The summed E-state index contributed by atoms with van der Waals surface area (Å²) in [6.07, 6.45) is 10.5. The zero-order chi connectivity index (χ0) is 52.6. The Morgan fingerprint density at radius 2 is 1.72 bits per heavy atom. The SMILES string of the molecule is CNCC1CC2C=CC3(CO)CCCC4CSSC(O)C56CC(O)C(O)(CO)CC5(C)C5CC7C=CCC(O)(C8OC8C(C)C(C)C)C8CCC(O)(C5=CC6=O)C78CCc5cc(O)cc(c5)N5CC2(C1O)C43C5=O. The summed E-state index contributed by atoms with van der Waals surface area (Å²) < 4.78 is 6.53. The first-order valence-corrected chi connectivity index (χ1v) is 30.3. The lowest BCUT2D eigenvalue weighted by Crippen LogP contribution is -2.72. The van der Waals surface area contributed by atoms with Crippen molar-refractivity contribution in [1.82, 2.24) is 5.32 Å². The number of aliphatic hydroxyl groups is 8. The second kappa shape index (κ2) is 17.3. The van der Waals surface area contributed by atoms with Crippen molar-refractivity contribution in [3.05, 3.63) is 59.7 Å². The van der Waals surface area contributed by atoms with Gasteiger partial charge in [-0.05, 0) is 154 Å². The molecule has 5 heterocycles. The summed E-state index contributed by atoms with van der Waals surface area (Å²) in [5.41, 5.74) is -12.4. The van der Waals surface area contributed by atoms with Crippen LogP contribution >= 0.6 is 21.6 Å². The fourth-order valence-corrected chi connectivity index (χ4v) is 23.0. The predicted octanol–water partition coefficient (Wildman–Crippen LogP) is 4.82. The second-order valence-electron chi connectivity index (χ2n) is 26.3. The summed E-state index contributed by atoms with van der Waals surface area (Å²) in [5.74, 6) is -2.34. The number of allylic oxidation sites excluding steroid dienone is 3.